The number of nitrogens with one attached hydrogen (secondary N) is 1. The summed E-state index contributed by atoms with van der Waals surface area (Å²) < 4.78 is 45.0. The molecule has 1 aromatic heterocycles. The molecule has 22 heavy (non-hydrogen) atoms. The number of hydrogen-bond donors (Lipinski definition) is 1. The molecule has 0 fully saturated rings. The van der Waals surface area contributed by atoms with Gasteiger partial charge >= 0.3 is 0 Å². The minimum absolute atomic E-state index is 0.235. The predicted molar refractivity (Wildman–Crippen MR) is 81.4 cm³/mol. The molecule has 7 heteroatoms. The molecule has 3 rings (SSSR count). The number of sulfonamides is 1. The Morgan fingerprint density at radius 3 is 2.64 bits per heavy atom. The molecular formula is C15H13FN2O3S. The zero-order valence-corrected chi connectivity index (χ0v) is 12.5. The molecule has 5 nitrogen and oxygen atoms in total. The standard InChI is InChI=1S/C15H13FN2O3S/c1-10-17-14-7-6-13(8-15(14)21-10)18-22(19,20)9-11-2-4-12(16)5-3-11/h2-8,18H,9H2,1H3. The third-order valence-corrected chi connectivity index (χ3v) is 4.30. The molecule has 0 unspecified atom stereocenters. The van der Waals surface area contributed by atoms with E-state index in [2.05, 4.69) is 9.71 Å². The molecule has 0 aliphatic rings. The maximum Gasteiger partial charge on any atom is 0.236 e. The maximum absolute atomic E-state index is 12.8. The molecule has 1 N–H and O–H groups in total. The third-order valence-electron chi connectivity index (χ3n) is 3.04. The summed E-state index contributed by atoms with van der Waals surface area (Å²) in [5.41, 5.74) is 2.08. The fourth-order valence-electron chi connectivity index (χ4n) is 2.12. The van der Waals surface area contributed by atoms with E-state index in [0.717, 1.165) is 0 Å². The molecule has 3 aromatic rings. The first-order chi connectivity index (χ1) is 10.4. The van der Waals surface area contributed by atoms with Crippen LogP contribution in [0.3, 0.4) is 0 Å². The Morgan fingerprint density at radius 2 is 1.91 bits per heavy atom. The molecular weight excluding hydrogens is 307 g/mol. The summed E-state index contributed by atoms with van der Waals surface area (Å²) in [5.74, 6) is -0.123. The average Bonchev–Trinajstić information content (AvgIpc) is 2.80. The molecule has 0 bridgehead atoms. The Labute approximate surface area is 126 Å². The van der Waals surface area contributed by atoms with E-state index >= 15 is 0 Å². The van der Waals surface area contributed by atoms with Gasteiger partial charge in [0, 0.05) is 13.0 Å². The van der Waals surface area contributed by atoms with Gasteiger partial charge in [0.15, 0.2) is 11.5 Å². The highest BCUT2D eigenvalue weighted by Gasteiger charge is 2.13. The third kappa shape index (κ3) is 3.25. The van der Waals surface area contributed by atoms with Crippen LogP contribution in [0.1, 0.15) is 11.5 Å². The van der Waals surface area contributed by atoms with Crippen LogP contribution in [-0.4, -0.2) is 13.4 Å². The lowest BCUT2D eigenvalue weighted by Gasteiger charge is -2.08. The summed E-state index contributed by atoms with van der Waals surface area (Å²) in [4.78, 5) is 4.15. The lowest BCUT2D eigenvalue weighted by Crippen LogP contribution is -2.15. The second kappa shape index (κ2) is 5.42. The van der Waals surface area contributed by atoms with E-state index in [-0.39, 0.29) is 5.75 Å². The number of hydrogen-bond acceptors (Lipinski definition) is 4. The van der Waals surface area contributed by atoms with E-state index in [0.29, 0.717) is 28.2 Å². The molecule has 0 aliphatic heterocycles. The van der Waals surface area contributed by atoms with Gasteiger partial charge in [0.1, 0.15) is 11.3 Å². The van der Waals surface area contributed by atoms with Gasteiger partial charge in [-0.25, -0.2) is 17.8 Å². The Morgan fingerprint density at radius 1 is 1.18 bits per heavy atom. The fraction of sp³-hybridized carbons (Fsp3) is 0.133. The lowest BCUT2D eigenvalue weighted by molar-refractivity contribution is 0.561. The van der Waals surface area contributed by atoms with Crippen LogP contribution in [0.15, 0.2) is 46.9 Å². The predicted octanol–water partition coefficient (Wildman–Crippen LogP) is 3.22. The SMILES string of the molecule is Cc1nc2ccc(NS(=O)(=O)Cc3ccc(F)cc3)cc2o1. The summed E-state index contributed by atoms with van der Waals surface area (Å²) in [7, 11) is -3.60. The van der Waals surface area contributed by atoms with Crippen molar-refractivity contribution in [1.82, 2.24) is 4.98 Å². The molecule has 2 aromatic carbocycles. The van der Waals surface area contributed by atoms with Crippen molar-refractivity contribution in [2.75, 3.05) is 4.72 Å². The highest BCUT2D eigenvalue weighted by Crippen LogP contribution is 2.21. The molecule has 0 amide bonds. The van der Waals surface area contributed by atoms with Gasteiger partial charge in [-0.2, -0.15) is 0 Å². The molecule has 0 atom stereocenters. The number of rotatable bonds is 4. The summed E-state index contributed by atoms with van der Waals surface area (Å²) >= 11 is 0. The van der Waals surface area contributed by atoms with Crippen LogP contribution in [0.4, 0.5) is 10.1 Å². The monoisotopic (exact) mass is 320 g/mol. The van der Waals surface area contributed by atoms with Crippen LogP contribution in [-0.2, 0) is 15.8 Å². The number of nitrogens with zero attached hydrogens (tertiary/aromatic N) is 1. The summed E-state index contributed by atoms with van der Waals surface area (Å²) in [5, 5.41) is 0. The van der Waals surface area contributed by atoms with Crippen LogP contribution < -0.4 is 4.72 Å². The molecule has 1 heterocycles. The zero-order valence-electron chi connectivity index (χ0n) is 11.7. The Balaban J connectivity index is 1.81. The quantitative estimate of drug-likeness (QED) is 0.801. The second-order valence-corrected chi connectivity index (χ2v) is 6.63. The second-order valence-electron chi connectivity index (χ2n) is 4.90. The number of fused-ring (bicyclic) bond motifs is 1. The van der Waals surface area contributed by atoms with Gasteiger partial charge in [-0.1, -0.05) is 12.1 Å². The van der Waals surface area contributed by atoms with Gasteiger partial charge < -0.3 is 4.42 Å². The van der Waals surface area contributed by atoms with Crippen molar-refractivity contribution in [2.45, 2.75) is 12.7 Å². The first-order valence-corrected chi connectivity index (χ1v) is 8.19. The molecule has 0 saturated heterocycles. The van der Waals surface area contributed by atoms with Crippen LogP contribution in [0, 0.1) is 12.7 Å². The molecule has 0 radical (unpaired) electrons. The molecule has 114 valence electrons. The largest absolute Gasteiger partial charge is 0.441 e. The lowest BCUT2D eigenvalue weighted by atomic mass is 10.2. The van der Waals surface area contributed by atoms with Crippen molar-refractivity contribution < 1.29 is 17.2 Å². The molecule has 0 spiro atoms. The number of anilines is 1. The van der Waals surface area contributed by atoms with Crippen LogP contribution in [0.2, 0.25) is 0 Å². The van der Waals surface area contributed by atoms with E-state index in [9.17, 15) is 12.8 Å². The van der Waals surface area contributed by atoms with Gasteiger partial charge in [0.05, 0.1) is 11.4 Å². The van der Waals surface area contributed by atoms with Crippen molar-refractivity contribution in [3.8, 4) is 0 Å². The number of benzene rings is 2. The highest BCUT2D eigenvalue weighted by molar-refractivity contribution is 7.91. The summed E-state index contributed by atoms with van der Waals surface area (Å²) in [6.45, 7) is 1.72. The number of aryl methyl sites for hydroxylation is 1. The van der Waals surface area contributed by atoms with E-state index in [4.69, 9.17) is 4.42 Å². The number of halogens is 1. The van der Waals surface area contributed by atoms with Gasteiger partial charge in [0.2, 0.25) is 10.0 Å². The first-order valence-electron chi connectivity index (χ1n) is 6.53. The number of oxazole rings is 1. The van der Waals surface area contributed by atoms with Gasteiger partial charge in [0.25, 0.3) is 0 Å². The number of aromatic nitrogens is 1. The van der Waals surface area contributed by atoms with Gasteiger partial charge in [-0.05, 0) is 29.8 Å². The topological polar surface area (TPSA) is 72.2 Å². The summed E-state index contributed by atoms with van der Waals surface area (Å²) in [6.07, 6.45) is 0. The van der Waals surface area contributed by atoms with Crippen molar-refractivity contribution >= 4 is 26.8 Å². The smallest absolute Gasteiger partial charge is 0.236 e. The normalized spacial score (nSPS) is 11.7. The van der Waals surface area contributed by atoms with E-state index in [1.807, 2.05) is 0 Å². The molecule has 0 aliphatic carbocycles. The van der Waals surface area contributed by atoms with E-state index in [1.54, 1.807) is 25.1 Å². The zero-order chi connectivity index (χ0) is 15.7. The van der Waals surface area contributed by atoms with Crippen molar-refractivity contribution in [3.63, 3.8) is 0 Å². The Bertz CT molecular complexity index is 918. The van der Waals surface area contributed by atoms with Crippen molar-refractivity contribution in [3.05, 3.63) is 59.7 Å². The van der Waals surface area contributed by atoms with E-state index in [1.165, 1.54) is 24.3 Å². The van der Waals surface area contributed by atoms with Crippen LogP contribution in [0.5, 0.6) is 0 Å². The highest BCUT2D eigenvalue weighted by atomic mass is 32.2. The van der Waals surface area contributed by atoms with Crippen LogP contribution >= 0.6 is 0 Å². The van der Waals surface area contributed by atoms with Crippen molar-refractivity contribution in [2.24, 2.45) is 0 Å². The Hall–Kier alpha value is -2.41. The minimum atomic E-state index is -3.60. The van der Waals surface area contributed by atoms with Crippen LogP contribution in [0.25, 0.3) is 11.1 Å². The minimum Gasteiger partial charge on any atom is -0.441 e. The average molecular weight is 320 g/mol. The first kappa shape index (κ1) is 14.5. The maximum atomic E-state index is 12.8. The Kier molecular flexibility index (Phi) is 3.58. The van der Waals surface area contributed by atoms with Gasteiger partial charge in [-0.3, -0.25) is 4.72 Å². The molecule has 0 saturated carbocycles. The van der Waals surface area contributed by atoms with Crippen molar-refractivity contribution in [1.29, 1.82) is 0 Å². The van der Waals surface area contributed by atoms with E-state index < -0.39 is 15.8 Å². The fourth-order valence-corrected chi connectivity index (χ4v) is 3.31. The van der Waals surface area contributed by atoms with Gasteiger partial charge in [-0.15, -0.1) is 0 Å². The summed E-state index contributed by atoms with van der Waals surface area (Å²) in [6, 6.07) is 10.2.